The van der Waals surface area contributed by atoms with Gasteiger partial charge in [0.2, 0.25) is 0 Å². The third kappa shape index (κ3) is 4.35. The molecule has 0 bridgehead atoms. The number of hydrogen-bond acceptors (Lipinski definition) is 4. The highest BCUT2D eigenvalue weighted by Gasteiger charge is 2.17. The van der Waals surface area contributed by atoms with Gasteiger partial charge in [-0.2, -0.15) is 5.10 Å². The molecule has 0 aliphatic heterocycles. The van der Waals surface area contributed by atoms with Gasteiger partial charge < -0.3 is 14.9 Å². The molecule has 0 fully saturated rings. The molecule has 2 aromatic rings. The van der Waals surface area contributed by atoms with E-state index in [0.29, 0.717) is 24.2 Å². The molecule has 0 saturated carbocycles. The predicted molar refractivity (Wildman–Crippen MR) is 92.5 cm³/mol. The zero-order valence-electron chi connectivity index (χ0n) is 14.3. The fourth-order valence-electron chi connectivity index (χ4n) is 2.44. The highest BCUT2D eigenvalue weighted by Crippen LogP contribution is 2.26. The van der Waals surface area contributed by atoms with Crippen molar-refractivity contribution >= 4 is 16.9 Å². The van der Waals surface area contributed by atoms with Crippen LogP contribution in [0.1, 0.15) is 44.0 Å². The lowest BCUT2D eigenvalue weighted by atomic mass is 10.0. The topological polar surface area (TPSA) is 84.6 Å². The van der Waals surface area contributed by atoms with Gasteiger partial charge in [-0.15, -0.1) is 6.58 Å². The highest BCUT2D eigenvalue weighted by molar-refractivity contribution is 5.96. The van der Waals surface area contributed by atoms with Gasteiger partial charge in [-0.3, -0.25) is 4.68 Å². The smallest absolute Gasteiger partial charge is 0.339 e. The Labute approximate surface area is 141 Å². The van der Waals surface area contributed by atoms with Crippen molar-refractivity contribution in [3.05, 3.63) is 36.5 Å². The second-order valence-corrected chi connectivity index (χ2v) is 6.44. The van der Waals surface area contributed by atoms with Crippen LogP contribution in [0.25, 0.3) is 10.9 Å². The fourth-order valence-corrected chi connectivity index (χ4v) is 2.44. The molecule has 1 unspecified atom stereocenters. The third-order valence-electron chi connectivity index (χ3n) is 3.76. The molecule has 130 valence electrons. The first kappa shape index (κ1) is 18.0. The molecule has 0 aliphatic rings. The lowest BCUT2D eigenvalue weighted by Crippen LogP contribution is -2.20. The summed E-state index contributed by atoms with van der Waals surface area (Å²) in [6.07, 6.45) is 4.53. The van der Waals surface area contributed by atoms with Crippen LogP contribution in [0.15, 0.2) is 31.0 Å². The van der Waals surface area contributed by atoms with E-state index < -0.39 is 11.6 Å². The number of carbonyl (C=O) groups is 1. The van der Waals surface area contributed by atoms with Crippen molar-refractivity contribution in [2.24, 2.45) is 0 Å². The maximum absolute atomic E-state index is 11.4. The quantitative estimate of drug-likeness (QED) is 0.725. The number of rotatable bonds is 8. The average Bonchev–Trinajstić information content (AvgIpc) is 2.87. The van der Waals surface area contributed by atoms with Crippen molar-refractivity contribution < 1.29 is 19.7 Å². The summed E-state index contributed by atoms with van der Waals surface area (Å²) in [5, 5.41) is 24.5. The minimum Gasteiger partial charge on any atom is -0.490 e. The van der Waals surface area contributed by atoms with Gasteiger partial charge in [-0.25, -0.2) is 4.79 Å². The van der Waals surface area contributed by atoms with Gasteiger partial charge in [-0.05, 0) is 39.7 Å². The molecular formula is C18H24N2O4. The lowest BCUT2D eigenvalue weighted by molar-refractivity contribution is 0.0690. The number of carboxylic acid groups (broad SMARTS) is 1. The molecule has 0 amide bonds. The van der Waals surface area contributed by atoms with Crippen LogP contribution >= 0.6 is 0 Å². The first-order valence-electron chi connectivity index (χ1n) is 7.99. The van der Waals surface area contributed by atoms with Gasteiger partial charge >= 0.3 is 5.97 Å². The van der Waals surface area contributed by atoms with Crippen LogP contribution in [0.3, 0.4) is 0 Å². The number of aromatic carboxylic acids is 1. The Bertz CT molecular complexity index is 747. The Morgan fingerprint density at radius 2 is 2.21 bits per heavy atom. The first-order chi connectivity index (χ1) is 11.2. The van der Waals surface area contributed by atoms with E-state index in [0.717, 1.165) is 11.8 Å². The zero-order chi connectivity index (χ0) is 17.9. The van der Waals surface area contributed by atoms with Gasteiger partial charge in [0.15, 0.2) is 0 Å². The molecule has 0 radical (unpaired) electrons. The number of carboxylic acids is 1. The summed E-state index contributed by atoms with van der Waals surface area (Å²) < 4.78 is 7.35. The Hall–Kier alpha value is -2.34. The summed E-state index contributed by atoms with van der Waals surface area (Å²) in [5.74, 6) is -0.702. The molecular weight excluding hydrogens is 308 g/mol. The SMILES string of the molecule is C=CC(C)(O)CCCn1cc2cc(C(=O)O)c(OC(C)C)cc2n1. The van der Waals surface area contributed by atoms with E-state index in [-0.39, 0.29) is 11.7 Å². The Kier molecular flexibility index (Phi) is 5.29. The van der Waals surface area contributed by atoms with Crippen molar-refractivity contribution in [2.45, 2.75) is 51.9 Å². The molecule has 1 aromatic carbocycles. The van der Waals surface area contributed by atoms with Crippen LogP contribution in [0.5, 0.6) is 5.75 Å². The van der Waals surface area contributed by atoms with E-state index in [1.807, 2.05) is 20.0 Å². The standard InChI is InChI=1S/C18H24N2O4/c1-5-18(4,23)7-6-8-20-11-13-9-14(17(21)22)16(24-12(2)3)10-15(13)19-20/h5,9-12,23H,1,6-8H2,2-4H3,(H,21,22). The molecule has 1 atom stereocenters. The molecule has 0 aliphatic carbocycles. The van der Waals surface area contributed by atoms with Gasteiger partial charge in [-0.1, -0.05) is 6.08 Å². The van der Waals surface area contributed by atoms with Gasteiger partial charge in [0, 0.05) is 24.2 Å². The number of nitrogens with zero attached hydrogens (tertiary/aromatic N) is 2. The largest absolute Gasteiger partial charge is 0.490 e. The Morgan fingerprint density at radius 1 is 1.50 bits per heavy atom. The molecule has 2 rings (SSSR count). The summed E-state index contributed by atoms with van der Waals surface area (Å²) in [5.41, 5.74) is -0.0714. The van der Waals surface area contributed by atoms with Crippen molar-refractivity contribution in [1.29, 1.82) is 0 Å². The van der Waals surface area contributed by atoms with Crippen LogP contribution in [0.4, 0.5) is 0 Å². The van der Waals surface area contributed by atoms with Crippen molar-refractivity contribution in [3.63, 3.8) is 0 Å². The summed E-state index contributed by atoms with van der Waals surface area (Å²) in [7, 11) is 0. The molecule has 6 nitrogen and oxygen atoms in total. The minimum absolute atomic E-state index is 0.122. The Morgan fingerprint density at radius 3 is 2.79 bits per heavy atom. The van der Waals surface area contributed by atoms with Crippen LogP contribution in [-0.4, -0.2) is 37.7 Å². The van der Waals surface area contributed by atoms with E-state index in [1.54, 1.807) is 23.7 Å². The maximum atomic E-state index is 11.4. The van der Waals surface area contributed by atoms with E-state index in [1.165, 1.54) is 6.08 Å². The second kappa shape index (κ2) is 7.05. The van der Waals surface area contributed by atoms with Gasteiger partial charge in [0.05, 0.1) is 17.2 Å². The zero-order valence-corrected chi connectivity index (χ0v) is 14.3. The maximum Gasteiger partial charge on any atom is 0.339 e. The van der Waals surface area contributed by atoms with Crippen LogP contribution < -0.4 is 4.74 Å². The van der Waals surface area contributed by atoms with Gasteiger partial charge in [0.25, 0.3) is 0 Å². The average molecular weight is 332 g/mol. The molecule has 1 heterocycles. The van der Waals surface area contributed by atoms with Crippen molar-refractivity contribution in [1.82, 2.24) is 9.78 Å². The number of hydrogen-bond donors (Lipinski definition) is 2. The number of fused-ring (bicyclic) bond motifs is 1. The van der Waals surface area contributed by atoms with E-state index in [4.69, 9.17) is 4.74 Å². The number of ether oxygens (including phenoxy) is 1. The molecule has 0 saturated heterocycles. The normalized spacial score (nSPS) is 13.9. The third-order valence-corrected chi connectivity index (χ3v) is 3.76. The Balaban J connectivity index is 2.23. The number of aromatic nitrogens is 2. The van der Waals surface area contributed by atoms with Gasteiger partial charge in [0.1, 0.15) is 11.3 Å². The predicted octanol–water partition coefficient (Wildman–Crippen LogP) is 3.24. The lowest BCUT2D eigenvalue weighted by Gasteiger charge is -2.17. The second-order valence-electron chi connectivity index (χ2n) is 6.44. The van der Waals surface area contributed by atoms with E-state index >= 15 is 0 Å². The molecule has 2 N–H and O–H groups in total. The van der Waals surface area contributed by atoms with Crippen molar-refractivity contribution in [3.8, 4) is 5.75 Å². The molecule has 24 heavy (non-hydrogen) atoms. The number of aliphatic hydroxyl groups is 1. The molecule has 1 aromatic heterocycles. The molecule has 0 spiro atoms. The van der Waals surface area contributed by atoms with E-state index in [2.05, 4.69) is 11.7 Å². The molecule has 6 heteroatoms. The number of aryl methyl sites for hydroxylation is 1. The summed E-state index contributed by atoms with van der Waals surface area (Å²) in [4.78, 5) is 11.4. The van der Waals surface area contributed by atoms with Crippen molar-refractivity contribution in [2.75, 3.05) is 0 Å². The van der Waals surface area contributed by atoms with Crippen LogP contribution in [0.2, 0.25) is 0 Å². The highest BCUT2D eigenvalue weighted by atomic mass is 16.5. The minimum atomic E-state index is -1.03. The first-order valence-corrected chi connectivity index (χ1v) is 7.99. The monoisotopic (exact) mass is 332 g/mol. The van der Waals surface area contributed by atoms with E-state index in [9.17, 15) is 15.0 Å². The summed E-state index contributed by atoms with van der Waals surface area (Å²) >= 11 is 0. The fraction of sp³-hybridized carbons (Fsp3) is 0.444. The summed E-state index contributed by atoms with van der Waals surface area (Å²) in [6, 6.07) is 3.24. The summed E-state index contributed by atoms with van der Waals surface area (Å²) in [6.45, 7) is 9.65. The van der Waals surface area contributed by atoms with Crippen LogP contribution in [0, 0.1) is 0 Å². The number of benzene rings is 1. The van der Waals surface area contributed by atoms with Crippen LogP contribution in [-0.2, 0) is 6.54 Å².